The largest absolute Gasteiger partial charge is 0.511 e. The van der Waals surface area contributed by atoms with Crippen molar-refractivity contribution in [3.63, 3.8) is 0 Å². The molecule has 0 aliphatic heterocycles. The molecule has 2 amide bonds. The molecule has 0 saturated carbocycles. The Bertz CT molecular complexity index is 584. The Labute approximate surface area is 124 Å². The third-order valence-corrected chi connectivity index (χ3v) is 2.76. The molecule has 0 atom stereocenters. The van der Waals surface area contributed by atoms with Crippen LogP contribution in [0.1, 0.15) is 6.92 Å². The van der Waals surface area contributed by atoms with Crippen LogP contribution < -0.4 is 10.6 Å². The highest BCUT2D eigenvalue weighted by atomic mass is 79.9. The van der Waals surface area contributed by atoms with E-state index in [4.69, 9.17) is 5.26 Å². The van der Waals surface area contributed by atoms with Gasteiger partial charge in [0.2, 0.25) is 5.91 Å². The number of carbonyl (C=O) groups is 2. The molecule has 1 rings (SSSR count). The van der Waals surface area contributed by atoms with Crippen molar-refractivity contribution in [3.8, 4) is 6.07 Å². The van der Waals surface area contributed by atoms with Gasteiger partial charge in [-0.15, -0.1) is 0 Å². The summed E-state index contributed by atoms with van der Waals surface area (Å²) in [5.41, 5.74) is 0.685. The average molecular weight is 338 g/mol. The first kappa shape index (κ1) is 15.7. The molecule has 7 heteroatoms. The van der Waals surface area contributed by atoms with Crippen LogP contribution in [0.5, 0.6) is 0 Å². The zero-order valence-electron chi connectivity index (χ0n) is 10.6. The first-order valence-corrected chi connectivity index (χ1v) is 6.67. The summed E-state index contributed by atoms with van der Waals surface area (Å²) in [6.07, 6.45) is 0. The fraction of sp³-hybridized carbons (Fsp3) is 0.154. The Morgan fingerprint density at radius 3 is 2.15 bits per heavy atom. The summed E-state index contributed by atoms with van der Waals surface area (Å²) in [6.45, 7) is 1.26. The van der Waals surface area contributed by atoms with Crippen LogP contribution in [0.4, 0.5) is 11.4 Å². The van der Waals surface area contributed by atoms with Gasteiger partial charge in [-0.25, -0.2) is 0 Å². The first-order chi connectivity index (χ1) is 9.47. The minimum atomic E-state index is -0.690. The Balaban J connectivity index is 2.76. The van der Waals surface area contributed by atoms with Crippen molar-refractivity contribution in [2.24, 2.45) is 0 Å². The van der Waals surface area contributed by atoms with Gasteiger partial charge in [0, 0.05) is 11.4 Å². The molecule has 0 saturated heterocycles. The molecule has 0 aliphatic carbocycles. The van der Waals surface area contributed by atoms with Crippen molar-refractivity contribution in [2.75, 3.05) is 16.0 Å². The number of nitrogens with zero attached hydrogens (tertiary/aromatic N) is 1. The normalized spacial score (nSPS) is 11.1. The van der Waals surface area contributed by atoms with Crippen molar-refractivity contribution in [1.82, 2.24) is 0 Å². The minimum absolute atomic E-state index is 0.188. The monoisotopic (exact) mass is 337 g/mol. The minimum Gasteiger partial charge on any atom is -0.511 e. The summed E-state index contributed by atoms with van der Waals surface area (Å²) in [7, 11) is 0. The van der Waals surface area contributed by atoms with Gasteiger partial charge in [0.1, 0.15) is 11.8 Å². The van der Waals surface area contributed by atoms with Crippen LogP contribution >= 0.6 is 15.9 Å². The lowest BCUT2D eigenvalue weighted by atomic mass is 10.2. The van der Waals surface area contributed by atoms with E-state index in [2.05, 4.69) is 26.6 Å². The summed E-state index contributed by atoms with van der Waals surface area (Å²) >= 11 is 3.03. The number of benzene rings is 1. The number of alkyl halides is 1. The van der Waals surface area contributed by atoms with Gasteiger partial charge < -0.3 is 15.7 Å². The molecule has 0 radical (unpaired) electrons. The maximum absolute atomic E-state index is 11.7. The number of aliphatic hydroxyl groups excluding tert-OH is 1. The van der Waals surface area contributed by atoms with Crippen LogP contribution in [-0.4, -0.2) is 22.3 Å². The molecular formula is C13H12BrN3O3. The second kappa shape index (κ2) is 7.31. The van der Waals surface area contributed by atoms with Crippen molar-refractivity contribution >= 4 is 39.1 Å². The second-order valence-electron chi connectivity index (χ2n) is 3.79. The number of allylic oxidation sites excluding steroid dienone is 1. The molecule has 20 heavy (non-hydrogen) atoms. The van der Waals surface area contributed by atoms with Gasteiger partial charge in [-0.1, -0.05) is 15.9 Å². The van der Waals surface area contributed by atoms with Crippen LogP contribution in [0.15, 0.2) is 35.6 Å². The number of halogens is 1. The molecule has 0 heterocycles. The van der Waals surface area contributed by atoms with Gasteiger partial charge in [0.25, 0.3) is 5.91 Å². The van der Waals surface area contributed by atoms with Gasteiger partial charge in [0.05, 0.1) is 5.33 Å². The number of carbonyl (C=O) groups excluding carboxylic acids is 2. The van der Waals surface area contributed by atoms with Gasteiger partial charge in [-0.3, -0.25) is 9.59 Å². The number of hydrogen-bond acceptors (Lipinski definition) is 4. The fourth-order valence-corrected chi connectivity index (χ4v) is 1.46. The van der Waals surface area contributed by atoms with Gasteiger partial charge >= 0.3 is 0 Å². The van der Waals surface area contributed by atoms with Crippen molar-refractivity contribution in [2.45, 2.75) is 6.92 Å². The molecule has 104 valence electrons. The highest BCUT2D eigenvalue weighted by Gasteiger charge is 2.12. The lowest BCUT2D eigenvalue weighted by Crippen LogP contribution is -2.15. The molecular weight excluding hydrogens is 326 g/mol. The van der Waals surface area contributed by atoms with Crippen LogP contribution in [0, 0.1) is 11.3 Å². The van der Waals surface area contributed by atoms with Crippen molar-refractivity contribution < 1.29 is 14.7 Å². The van der Waals surface area contributed by atoms with Crippen LogP contribution in [0.25, 0.3) is 0 Å². The Hall–Kier alpha value is -2.33. The highest BCUT2D eigenvalue weighted by molar-refractivity contribution is 9.09. The summed E-state index contributed by atoms with van der Waals surface area (Å²) in [6, 6.07) is 7.99. The van der Waals surface area contributed by atoms with E-state index in [1.165, 1.54) is 6.92 Å². The Kier molecular flexibility index (Phi) is 5.74. The average Bonchev–Trinajstić information content (AvgIpc) is 2.41. The van der Waals surface area contributed by atoms with Gasteiger partial charge in [-0.05, 0) is 31.2 Å². The van der Waals surface area contributed by atoms with E-state index in [0.717, 1.165) is 0 Å². The Morgan fingerprint density at radius 2 is 1.75 bits per heavy atom. The predicted octanol–water partition coefficient (Wildman–Crippen LogP) is 2.31. The molecule has 0 bridgehead atoms. The summed E-state index contributed by atoms with van der Waals surface area (Å²) in [5, 5.41) is 23.2. The predicted molar refractivity (Wildman–Crippen MR) is 78.4 cm³/mol. The summed E-state index contributed by atoms with van der Waals surface area (Å²) in [4.78, 5) is 22.8. The topological polar surface area (TPSA) is 102 Å². The third-order valence-electron chi connectivity index (χ3n) is 2.25. The van der Waals surface area contributed by atoms with Crippen molar-refractivity contribution in [1.29, 1.82) is 5.26 Å². The summed E-state index contributed by atoms with van der Waals surface area (Å²) < 4.78 is 0. The third kappa shape index (κ3) is 4.40. The van der Waals surface area contributed by atoms with E-state index in [0.29, 0.717) is 11.4 Å². The highest BCUT2D eigenvalue weighted by Crippen LogP contribution is 2.15. The molecule has 0 fully saturated rings. The maximum Gasteiger partial charge on any atom is 0.269 e. The zero-order valence-corrected chi connectivity index (χ0v) is 12.2. The molecule has 0 spiro atoms. The van der Waals surface area contributed by atoms with Crippen LogP contribution in [0.3, 0.4) is 0 Å². The molecule has 0 aromatic heterocycles. The smallest absolute Gasteiger partial charge is 0.269 e. The number of amides is 2. The molecule has 1 aromatic carbocycles. The van der Waals surface area contributed by atoms with Crippen molar-refractivity contribution in [3.05, 3.63) is 35.6 Å². The number of anilines is 2. The van der Waals surface area contributed by atoms with E-state index in [1.54, 1.807) is 30.3 Å². The maximum atomic E-state index is 11.7. The summed E-state index contributed by atoms with van der Waals surface area (Å²) in [5.74, 6) is -1.22. The SMILES string of the molecule is C/C(O)=C(\C#N)C(=O)Nc1ccc(NC(=O)CBr)cc1. The molecule has 0 unspecified atom stereocenters. The van der Waals surface area contributed by atoms with Gasteiger partial charge in [-0.2, -0.15) is 5.26 Å². The number of aliphatic hydroxyl groups is 1. The van der Waals surface area contributed by atoms with E-state index in [-0.39, 0.29) is 22.6 Å². The lowest BCUT2D eigenvalue weighted by Gasteiger charge is -2.07. The zero-order chi connectivity index (χ0) is 15.1. The molecule has 1 aromatic rings. The van der Waals surface area contributed by atoms with E-state index < -0.39 is 5.91 Å². The standard InChI is InChI=1S/C13H12BrN3O3/c1-8(18)11(7-15)13(20)17-10-4-2-9(3-5-10)16-12(19)6-14/h2-5,18H,6H2,1H3,(H,16,19)(H,17,20)/b11-8-. The quantitative estimate of drug-likeness (QED) is 0.339. The molecule has 3 N–H and O–H groups in total. The Morgan fingerprint density at radius 1 is 1.25 bits per heavy atom. The van der Waals surface area contributed by atoms with Crippen LogP contribution in [0.2, 0.25) is 0 Å². The van der Waals surface area contributed by atoms with Crippen LogP contribution in [-0.2, 0) is 9.59 Å². The van der Waals surface area contributed by atoms with E-state index >= 15 is 0 Å². The number of hydrogen-bond donors (Lipinski definition) is 3. The van der Waals surface area contributed by atoms with E-state index in [1.807, 2.05) is 0 Å². The second-order valence-corrected chi connectivity index (χ2v) is 4.35. The first-order valence-electron chi connectivity index (χ1n) is 5.55. The number of nitriles is 1. The number of nitrogens with one attached hydrogen (secondary N) is 2. The van der Waals surface area contributed by atoms with E-state index in [9.17, 15) is 14.7 Å². The fourth-order valence-electron chi connectivity index (χ4n) is 1.32. The number of rotatable bonds is 4. The lowest BCUT2D eigenvalue weighted by molar-refractivity contribution is -0.114. The molecule has 0 aliphatic rings. The molecule has 6 nitrogen and oxygen atoms in total. The van der Waals surface area contributed by atoms with Gasteiger partial charge in [0.15, 0.2) is 5.57 Å².